The fourth-order valence-corrected chi connectivity index (χ4v) is 1.96. The monoisotopic (exact) mass is 235 g/mol. The van der Waals surface area contributed by atoms with Gasteiger partial charge in [0.1, 0.15) is 5.75 Å². The lowest BCUT2D eigenvalue weighted by Crippen LogP contribution is -2.15. The highest BCUT2D eigenvalue weighted by Crippen LogP contribution is 2.32. The molecule has 0 saturated heterocycles. The van der Waals surface area contributed by atoms with Crippen molar-refractivity contribution in [3.05, 3.63) is 29.3 Å². The van der Waals surface area contributed by atoms with E-state index in [1.54, 1.807) is 7.11 Å². The molecular formula is C15H25NO. The van der Waals surface area contributed by atoms with Gasteiger partial charge in [-0.15, -0.1) is 0 Å². The molecule has 1 rings (SSSR count). The Balaban J connectivity index is 3.15. The lowest BCUT2D eigenvalue weighted by molar-refractivity contribution is 0.403. The third kappa shape index (κ3) is 3.47. The fraction of sp³-hybridized carbons (Fsp3) is 0.600. The van der Waals surface area contributed by atoms with Gasteiger partial charge in [-0.25, -0.2) is 0 Å². The Kier molecular flexibility index (Phi) is 4.58. The first-order valence-electron chi connectivity index (χ1n) is 6.34. The summed E-state index contributed by atoms with van der Waals surface area (Å²) in [6, 6.07) is 6.42. The van der Waals surface area contributed by atoms with Gasteiger partial charge >= 0.3 is 0 Å². The predicted octanol–water partition coefficient (Wildman–Crippen LogP) is 3.79. The van der Waals surface area contributed by atoms with Crippen LogP contribution in [0.5, 0.6) is 5.75 Å². The molecule has 0 aliphatic rings. The molecule has 0 fully saturated rings. The number of benzene rings is 1. The second kappa shape index (κ2) is 5.54. The summed E-state index contributed by atoms with van der Waals surface area (Å²) >= 11 is 0. The van der Waals surface area contributed by atoms with Crippen molar-refractivity contribution in [2.75, 3.05) is 7.11 Å². The SMILES string of the molecule is CCCC(N)c1cc(C(C)(C)C)ccc1OC. The number of ether oxygens (including phenoxy) is 1. The van der Waals surface area contributed by atoms with Gasteiger partial charge in [0.15, 0.2) is 0 Å². The quantitative estimate of drug-likeness (QED) is 0.861. The largest absolute Gasteiger partial charge is 0.496 e. The van der Waals surface area contributed by atoms with E-state index in [1.165, 1.54) is 5.56 Å². The Morgan fingerprint density at radius 3 is 2.41 bits per heavy atom. The number of hydrogen-bond acceptors (Lipinski definition) is 2. The molecule has 0 aliphatic carbocycles. The Labute approximate surface area is 105 Å². The van der Waals surface area contributed by atoms with E-state index in [2.05, 4.69) is 39.8 Å². The van der Waals surface area contributed by atoms with Crippen molar-refractivity contribution in [1.82, 2.24) is 0 Å². The molecule has 0 amide bonds. The van der Waals surface area contributed by atoms with E-state index in [4.69, 9.17) is 10.5 Å². The molecule has 0 heterocycles. The minimum absolute atomic E-state index is 0.0669. The zero-order valence-corrected chi connectivity index (χ0v) is 11.7. The zero-order chi connectivity index (χ0) is 13.1. The molecule has 17 heavy (non-hydrogen) atoms. The maximum atomic E-state index is 6.21. The van der Waals surface area contributed by atoms with E-state index in [0.717, 1.165) is 24.2 Å². The Hall–Kier alpha value is -1.02. The summed E-state index contributed by atoms with van der Waals surface area (Å²) in [4.78, 5) is 0. The van der Waals surface area contributed by atoms with Gasteiger partial charge < -0.3 is 10.5 Å². The maximum Gasteiger partial charge on any atom is 0.123 e. The summed E-state index contributed by atoms with van der Waals surface area (Å²) in [6.07, 6.45) is 2.08. The van der Waals surface area contributed by atoms with Gasteiger partial charge in [0.05, 0.1) is 7.11 Å². The molecule has 0 radical (unpaired) electrons. The Bertz CT molecular complexity index is 366. The first kappa shape index (κ1) is 14.0. The highest BCUT2D eigenvalue weighted by molar-refractivity contribution is 5.41. The minimum Gasteiger partial charge on any atom is -0.496 e. The van der Waals surface area contributed by atoms with Gasteiger partial charge in [0, 0.05) is 11.6 Å². The van der Waals surface area contributed by atoms with Gasteiger partial charge in [-0.05, 0) is 23.5 Å². The normalized spacial score (nSPS) is 13.5. The smallest absolute Gasteiger partial charge is 0.123 e. The van der Waals surface area contributed by atoms with Crippen molar-refractivity contribution >= 4 is 0 Å². The van der Waals surface area contributed by atoms with Crippen LogP contribution in [0.3, 0.4) is 0 Å². The molecule has 1 aromatic carbocycles. The molecule has 0 aliphatic heterocycles. The fourth-order valence-electron chi connectivity index (χ4n) is 1.96. The number of methoxy groups -OCH3 is 1. The van der Waals surface area contributed by atoms with E-state index in [-0.39, 0.29) is 11.5 Å². The summed E-state index contributed by atoms with van der Waals surface area (Å²) < 4.78 is 5.40. The lowest BCUT2D eigenvalue weighted by atomic mass is 9.85. The first-order chi connectivity index (χ1) is 7.90. The van der Waals surface area contributed by atoms with Gasteiger partial charge in [-0.1, -0.05) is 46.2 Å². The van der Waals surface area contributed by atoms with Crippen LogP contribution in [0.1, 0.15) is 57.7 Å². The molecule has 1 aromatic rings. The Morgan fingerprint density at radius 1 is 1.29 bits per heavy atom. The van der Waals surface area contributed by atoms with Crippen molar-refractivity contribution in [1.29, 1.82) is 0 Å². The van der Waals surface area contributed by atoms with Crippen LogP contribution in [0, 0.1) is 0 Å². The van der Waals surface area contributed by atoms with Crippen LogP contribution in [0.2, 0.25) is 0 Å². The summed E-state index contributed by atoms with van der Waals surface area (Å²) in [5.41, 5.74) is 8.79. The van der Waals surface area contributed by atoms with E-state index in [0.29, 0.717) is 0 Å². The molecule has 0 spiro atoms. The average Bonchev–Trinajstić information content (AvgIpc) is 2.27. The lowest BCUT2D eigenvalue weighted by Gasteiger charge is -2.23. The van der Waals surface area contributed by atoms with Crippen LogP contribution in [0.25, 0.3) is 0 Å². The summed E-state index contributed by atoms with van der Waals surface area (Å²) in [5.74, 6) is 0.902. The van der Waals surface area contributed by atoms with Crippen molar-refractivity contribution in [2.45, 2.75) is 52.0 Å². The Morgan fingerprint density at radius 2 is 1.94 bits per heavy atom. The van der Waals surface area contributed by atoms with Crippen molar-refractivity contribution in [3.8, 4) is 5.75 Å². The molecule has 96 valence electrons. The molecular weight excluding hydrogens is 210 g/mol. The van der Waals surface area contributed by atoms with Gasteiger partial charge in [0.25, 0.3) is 0 Å². The van der Waals surface area contributed by atoms with E-state index < -0.39 is 0 Å². The second-order valence-corrected chi connectivity index (χ2v) is 5.60. The van der Waals surface area contributed by atoms with Gasteiger partial charge in [-0.3, -0.25) is 0 Å². The number of hydrogen-bond donors (Lipinski definition) is 1. The summed E-state index contributed by atoms with van der Waals surface area (Å²) in [5, 5.41) is 0. The van der Waals surface area contributed by atoms with Gasteiger partial charge in [0.2, 0.25) is 0 Å². The summed E-state index contributed by atoms with van der Waals surface area (Å²) in [6.45, 7) is 8.79. The maximum absolute atomic E-state index is 6.21. The molecule has 2 N–H and O–H groups in total. The number of nitrogens with two attached hydrogens (primary N) is 1. The highest BCUT2D eigenvalue weighted by Gasteiger charge is 2.18. The van der Waals surface area contributed by atoms with E-state index in [1.807, 2.05) is 6.07 Å². The first-order valence-corrected chi connectivity index (χ1v) is 6.34. The van der Waals surface area contributed by atoms with Crippen LogP contribution in [-0.4, -0.2) is 7.11 Å². The molecule has 2 nitrogen and oxygen atoms in total. The van der Waals surface area contributed by atoms with E-state index in [9.17, 15) is 0 Å². The predicted molar refractivity (Wildman–Crippen MR) is 73.5 cm³/mol. The van der Waals surface area contributed by atoms with Crippen LogP contribution in [0.15, 0.2) is 18.2 Å². The molecule has 0 saturated carbocycles. The van der Waals surface area contributed by atoms with Crippen molar-refractivity contribution in [3.63, 3.8) is 0 Å². The molecule has 2 heteroatoms. The number of rotatable bonds is 4. The molecule has 0 aromatic heterocycles. The molecule has 1 unspecified atom stereocenters. The topological polar surface area (TPSA) is 35.2 Å². The standard InChI is InChI=1S/C15H25NO/c1-6-7-13(16)12-10-11(15(2,3)4)8-9-14(12)17-5/h8-10,13H,6-7,16H2,1-5H3. The van der Waals surface area contributed by atoms with Crippen molar-refractivity contribution in [2.24, 2.45) is 5.73 Å². The molecule has 1 atom stereocenters. The van der Waals surface area contributed by atoms with Crippen molar-refractivity contribution < 1.29 is 4.74 Å². The van der Waals surface area contributed by atoms with Gasteiger partial charge in [-0.2, -0.15) is 0 Å². The minimum atomic E-state index is 0.0669. The highest BCUT2D eigenvalue weighted by atomic mass is 16.5. The third-order valence-corrected chi connectivity index (χ3v) is 3.09. The molecule has 0 bridgehead atoms. The second-order valence-electron chi connectivity index (χ2n) is 5.60. The average molecular weight is 235 g/mol. The third-order valence-electron chi connectivity index (χ3n) is 3.09. The summed E-state index contributed by atoms with van der Waals surface area (Å²) in [7, 11) is 1.70. The van der Waals surface area contributed by atoms with Crippen LogP contribution in [-0.2, 0) is 5.41 Å². The zero-order valence-electron chi connectivity index (χ0n) is 11.7. The van der Waals surface area contributed by atoms with Crippen LogP contribution in [0.4, 0.5) is 0 Å². The van der Waals surface area contributed by atoms with Crippen LogP contribution < -0.4 is 10.5 Å². The van der Waals surface area contributed by atoms with Crippen LogP contribution >= 0.6 is 0 Å². The van der Waals surface area contributed by atoms with E-state index >= 15 is 0 Å².